The monoisotopic (exact) mass is 341 g/mol. The standard InChI is InChI=1S/C17H19N5O3/c1-20(16-12-15(8-9-18-16)21-10-2-3-11-21)17(23)19-13-4-6-14(7-5-13)22(24)25/h4-9,12H,2-3,10-11H2,1H3,(H,19,23). The van der Waals surface area contributed by atoms with Crippen LogP contribution in [0.15, 0.2) is 42.6 Å². The minimum absolute atomic E-state index is 0.0219. The zero-order chi connectivity index (χ0) is 17.8. The average molecular weight is 341 g/mol. The fourth-order valence-electron chi connectivity index (χ4n) is 2.74. The van der Waals surface area contributed by atoms with Crippen molar-refractivity contribution in [2.24, 2.45) is 0 Å². The first-order valence-electron chi connectivity index (χ1n) is 8.05. The van der Waals surface area contributed by atoms with Crippen molar-refractivity contribution in [3.63, 3.8) is 0 Å². The Bertz CT molecular complexity index is 772. The predicted octanol–water partition coefficient (Wildman–Crippen LogP) is 3.26. The highest BCUT2D eigenvalue weighted by atomic mass is 16.6. The number of hydrogen-bond acceptors (Lipinski definition) is 5. The number of anilines is 3. The van der Waals surface area contributed by atoms with E-state index in [0.717, 1.165) is 18.8 Å². The molecule has 1 aliphatic heterocycles. The molecule has 1 aromatic heterocycles. The lowest BCUT2D eigenvalue weighted by atomic mass is 10.3. The topological polar surface area (TPSA) is 91.6 Å². The number of amides is 2. The van der Waals surface area contributed by atoms with E-state index in [-0.39, 0.29) is 11.7 Å². The van der Waals surface area contributed by atoms with Crippen LogP contribution in [-0.4, -0.2) is 36.1 Å². The molecule has 0 saturated carbocycles. The van der Waals surface area contributed by atoms with Gasteiger partial charge in [0.25, 0.3) is 5.69 Å². The Labute approximate surface area is 145 Å². The number of pyridine rings is 1. The first kappa shape index (κ1) is 16.7. The van der Waals surface area contributed by atoms with Gasteiger partial charge >= 0.3 is 6.03 Å². The van der Waals surface area contributed by atoms with Gasteiger partial charge in [-0.05, 0) is 31.0 Å². The van der Waals surface area contributed by atoms with Crippen LogP contribution >= 0.6 is 0 Å². The number of nitrogens with zero attached hydrogens (tertiary/aromatic N) is 4. The molecule has 8 heteroatoms. The number of carbonyl (C=O) groups excluding carboxylic acids is 1. The molecule has 1 fully saturated rings. The minimum atomic E-state index is -0.481. The summed E-state index contributed by atoms with van der Waals surface area (Å²) in [6.45, 7) is 2.03. The average Bonchev–Trinajstić information content (AvgIpc) is 3.16. The van der Waals surface area contributed by atoms with Crippen LogP contribution in [0.25, 0.3) is 0 Å². The second kappa shape index (κ2) is 7.16. The summed E-state index contributed by atoms with van der Waals surface area (Å²) in [5.74, 6) is 0.545. The van der Waals surface area contributed by atoms with Gasteiger partial charge in [-0.25, -0.2) is 9.78 Å². The molecule has 8 nitrogen and oxygen atoms in total. The molecular weight excluding hydrogens is 322 g/mol. The van der Waals surface area contributed by atoms with Gasteiger partial charge in [0, 0.05) is 55.9 Å². The number of benzene rings is 1. The first-order valence-corrected chi connectivity index (χ1v) is 8.05. The summed E-state index contributed by atoms with van der Waals surface area (Å²) in [7, 11) is 1.64. The van der Waals surface area contributed by atoms with Crippen molar-refractivity contribution in [3.8, 4) is 0 Å². The summed E-state index contributed by atoms with van der Waals surface area (Å²) in [5, 5.41) is 13.4. The number of carbonyl (C=O) groups is 1. The minimum Gasteiger partial charge on any atom is -0.371 e. The Balaban J connectivity index is 1.69. The third kappa shape index (κ3) is 3.85. The van der Waals surface area contributed by atoms with Crippen LogP contribution in [0, 0.1) is 10.1 Å². The van der Waals surface area contributed by atoms with Crippen LogP contribution in [-0.2, 0) is 0 Å². The Hall–Kier alpha value is -3.16. The maximum absolute atomic E-state index is 12.4. The fraction of sp³-hybridized carbons (Fsp3) is 0.294. The lowest BCUT2D eigenvalue weighted by molar-refractivity contribution is -0.384. The lowest BCUT2D eigenvalue weighted by Gasteiger charge is -2.21. The largest absolute Gasteiger partial charge is 0.371 e. The van der Waals surface area contributed by atoms with Crippen molar-refractivity contribution in [2.75, 3.05) is 35.3 Å². The van der Waals surface area contributed by atoms with Crippen molar-refractivity contribution in [3.05, 3.63) is 52.7 Å². The summed E-state index contributed by atoms with van der Waals surface area (Å²) in [6.07, 6.45) is 4.04. The van der Waals surface area contributed by atoms with Gasteiger partial charge in [-0.15, -0.1) is 0 Å². The van der Waals surface area contributed by atoms with E-state index in [2.05, 4.69) is 15.2 Å². The number of aromatic nitrogens is 1. The van der Waals surface area contributed by atoms with Crippen molar-refractivity contribution in [1.29, 1.82) is 0 Å². The third-order valence-electron chi connectivity index (χ3n) is 4.18. The van der Waals surface area contributed by atoms with E-state index in [1.165, 1.54) is 42.0 Å². The Morgan fingerprint density at radius 3 is 2.56 bits per heavy atom. The smallest absolute Gasteiger partial charge is 0.327 e. The summed E-state index contributed by atoms with van der Waals surface area (Å²) in [4.78, 5) is 30.5. The van der Waals surface area contributed by atoms with Crippen LogP contribution in [0.3, 0.4) is 0 Å². The van der Waals surface area contributed by atoms with Crippen LogP contribution in [0.1, 0.15) is 12.8 Å². The number of nitro benzene ring substituents is 1. The Morgan fingerprint density at radius 1 is 1.24 bits per heavy atom. The van der Waals surface area contributed by atoms with Crippen molar-refractivity contribution in [2.45, 2.75) is 12.8 Å². The second-order valence-electron chi connectivity index (χ2n) is 5.86. The van der Waals surface area contributed by atoms with Gasteiger partial charge < -0.3 is 10.2 Å². The predicted molar refractivity (Wildman–Crippen MR) is 96.2 cm³/mol. The molecule has 0 bridgehead atoms. The highest BCUT2D eigenvalue weighted by Crippen LogP contribution is 2.23. The van der Waals surface area contributed by atoms with Crippen molar-refractivity contribution >= 4 is 28.9 Å². The lowest BCUT2D eigenvalue weighted by Crippen LogP contribution is -2.32. The maximum atomic E-state index is 12.4. The molecule has 1 aromatic carbocycles. The molecule has 0 aliphatic carbocycles. The molecule has 0 unspecified atom stereocenters. The molecule has 2 heterocycles. The van der Waals surface area contributed by atoms with E-state index in [4.69, 9.17) is 0 Å². The number of hydrogen-bond donors (Lipinski definition) is 1. The number of nitrogens with one attached hydrogen (secondary N) is 1. The quantitative estimate of drug-likeness (QED) is 0.681. The molecule has 0 radical (unpaired) electrons. The molecule has 25 heavy (non-hydrogen) atoms. The van der Waals surface area contributed by atoms with Gasteiger partial charge in [0.05, 0.1) is 4.92 Å². The molecule has 1 saturated heterocycles. The Kier molecular flexibility index (Phi) is 4.78. The summed E-state index contributed by atoms with van der Waals surface area (Å²) >= 11 is 0. The van der Waals surface area contributed by atoms with Crippen molar-refractivity contribution < 1.29 is 9.72 Å². The van der Waals surface area contributed by atoms with Gasteiger partial charge in [-0.1, -0.05) is 0 Å². The number of nitro groups is 1. The van der Waals surface area contributed by atoms with Gasteiger partial charge in [-0.2, -0.15) is 0 Å². The third-order valence-corrected chi connectivity index (χ3v) is 4.18. The first-order chi connectivity index (χ1) is 12.0. The van der Waals surface area contributed by atoms with Crippen molar-refractivity contribution in [1.82, 2.24) is 4.98 Å². The van der Waals surface area contributed by atoms with Gasteiger partial charge in [-0.3, -0.25) is 15.0 Å². The highest BCUT2D eigenvalue weighted by molar-refractivity contribution is 6.00. The van der Waals surface area contributed by atoms with E-state index in [9.17, 15) is 14.9 Å². The Morgan fingerprint density at radius 2 is 1.92 bits per heavy atom. The van der Waals surface area contributed by atoms with Crippen LogP contribution < -0.4 is 15.1 Å². The van der Waals surface area contributed by atoms with E-state index in [0.29, 0.717) is 11.5 Å². The molecule has 2 amide bonds. The van der Waals surface area contributed by atoms with Crippen LogP contribution in [0.2, 0.25) is 0 Å². The zero-order valence-corrected chi connectivity index (χ0v) is 13.9. The summed E-state index contributed by atoms with van der Waals surface area (Å²) < 4.78 is 0. The number of non-ortho nitro benzene ring substituents is 1. The van der Waals surface area contributed by atoms with Gasteiger partial charge in [0.15, 0.2) is 0 Å². The van der Waals surface area contributed by atoms with E-state index >= 15 is 0 Å². The molecule has 130 valence electrons. The second-order valence-corrected chi connectivity index (χ2v) is 5.86. The summed E-state index contributed by atoms with van der Waals surface area (Å²) in [5.41, 5.74) is 1.52. The molecule has 2 aromatic rings. The molecule has 0 spiro atoms. The van der Waals surface area contributed by atoms with E-state index in [1.54, 1.807) is 13.2 Å². The molecule has 3 rings (SSSR count). The molecular formula is C17H19N5O3. The van der Waals surface area contributed by atoms with Gasteiger partial charge in [0.1, 0.15) is 5.82 Å². The molecule has 0 atom stereocenters. The number of rotatable bonds is 4. The maximum Gasteiger partial charge on any atom is 0.327 e. The molecule has 1 N–H and O–H groups in total. The summed E-state index contributed by atoms with van der Waals surface area (Å²) in [6, 6.07) is 9.16. The molecule has 1 aliphatic rings. The zero-order valence-electron chi connectivity index (χ0n) is 13.9. The highest BCUT2D eigenvalue weighted by Gasteiger charge is 2.17. The van der Waals surface area contributed by atoms with E-state index < -0.39 is 4.92 Å². The van der Waals surface area contributed by atoms with E-state index in [1.807, 2.05) is 12.1 Å². The fourth-order valence-corrected chi connectivity index (χ4v) is 2.74. The normalized spacial score (nSPS) is 13.6. The van der Waals surface area contributed by atoms with Crippen LogP contribution in [0.5, 0.6) is 0 Å². The van der Waals surface area contributed by atoms with Gasteiger partial charge in [0.2, 0.25) is 0 Å². The SMILES string of the molecule is CN(C(=O)Nc1ccc([N+](=O)[O-])cc1)c1cc(N2CCCC2)ccn1. The van der Waals surface area contributed by atoms with Crippen LogP contribution in [0.4, 0.5) is 27.7 Å². The number of urea groups is 1.